The molecule has 0 heteroatoms. The van der Waals surface area contributed by atoms with Crippen LogP contribution in [0.1, 0.15) is 44.2 Å². The molecule has 0 fully saturated rings. The summed E-state index contributed by atoms with van der Waals surface area (Å²) >= 11 is 0. The Morgan fingerprint density at radius 3 is 2.83 bits per heavy atom. The number of rotatable bonds is 1. The van der Waals surface area contributed by atoms with Crippen LogP contribution in [0.3, 0.4) is 0 Å². The lowest BCUT2D eigenvalue weighted by atomic mass is 9.63. The fourth-order valence-electron chi connectivity index (χ4n) is 3.81. The Morgan fingerprint density at radius 2 is 2.00 bits per heavy atom. The zero-order chi connectivity index (χ0) is 12.8. The molecule has 0 spiro atoms. The monoisotopic (exact) mass is 238 g/mol. The topological polar surface area (TPSA) is 0 Å². The Hall–Kier alpha value is -1.30. The summed E-state index contributed by atoms with van der Waals surface area (Å²) in [7, 11) is 0. The van der Waals surface area contributed by atoms with Crippen LogP contribution in [0.15, 0.2) is 48.1 Å². The predicted molar refractivity (Wildman–Crippen MR) is 77.7 cm³/mol. The van der Waals surface area contributed by atoms with Gasteiger partial charge < -0.3 is 0 Å². The molecule has 0 amide bonds. The second kappa shape index (κ2) is 4.12. The van der Waals surface area contributed by atoms with Crippen LogP contribution in [0, 0.1) is 11.3 Å². The SMILES string of the molecule is CC1=CC=CC(C)(C2CCc3ccccc32)C1C. The molecule has 3 unspecified atom stereocenters. The van der Waals surface area contributed by atoms with Crippen LogP contribution in [-0.4, -0.2) is 0 Å². The van der Waals surface area contributed by atoms with E-state index >= 15 is 0 Å². The summed E-state index contributed by atoms with van der Waals surface area (Å²) in [6.07, 6.45) is 9.53. The van der Waals surface area contributed by atoms with E-state index in [0.717, 1.165) is 0 Å². The zero-order valence-electron chi connectivity index (χ0n) is 11.6. The fraction of sp³-hybridized carbons (Fsp3) is 0.444. The summed E-state index contributed by atoms with van der Waals surface area (Å²) in [4.78, 5) is 0. The van der Waals surface area contributed by atoms with Crippen LogP contribution in [-0.2, 0) is 6.42 Å². The van der Waals surface area contributed by atoms with Crippen molar-refractivity contribution in [3.8, 4) is 0 Å². The third kappa shape index (κ3) is 1.59. The molecule has 0 N–H and O–H groups in total. The summed E-state index contributed by atoms with van der Waals surface area (Å²) in [5.74, 6) is 1.32. The van der Waals surface area contributed by atoms with Gasteiger partial charge in [-0.2, -0.15) is 0 Å². The maximum absolute atomic E-state index is 2.44. The van der Waals surface area contributed by atoms with Gasteiger partial charge in [0.15, 0.2) is 0 Å². The van der Waals surface area contributed by atoms with Crippen molar-refractivity contribution >= 4 is 0 Å². The van der Waals surface area contributed by atoms with Gasteiger partial charge in [0.1, 0.15) is 0 Å². The summed E-state index contributed by atoms with van der Waals surface area (Å²) in [6.45, 7) is 7.10. The molecular weight excluding hydrogens is 216 g/mol. The predicted octanol–water partition coefficient (Wildman–Crippen LogP) is 4.87. The lowest BCUT2D eigenvalue weighted by Gasteiger charge is -2.41. The molecule has 0 aromatic heterocycles. The van der Waals surface area contributed by atoms with E-state index in [1.165, 1.54) is 18.4 Å². The highest BCUT2D eigenvalue weighted by atomic mass is 14.5. The van der Waals surface area contributed by atoms with Crippen molar-refractivity contribution in [1.82, 2.24) is 0 Å². The van der Waals surface area contributed by atoms with E-state index in [1.54, 1.807) is 11.1 Å². The van der Waals surface area contributed by atoms with Crippen molar-refractivity contribution < 1.29 is 0 Å². The van der Waals surface area contributed by atoms with Crippen molar-refractivity contribution in [2.24, 2.45) is 11.3 Å². The first-order chi connectivity index (χ1) is 8.63. The molecule has 1 aromatic rings. The molecule has 0 radical (unpaired) electrons. The van der Waals surface area contributed by atoms with E-state index in [-0.39, 0.29) is 5.41 Å². The minimum atomic E-state index is 0.283. The van der Waals surface area contributed by atoms with Gasteiger partial charge in [0.05, 0.1) is 0 Å². The van der Waals surface area contributed by atoms with Crippen LogP contribution in [0.4, 0.5) is 0 Å². The first kappa shape index (κ1) is 11.8. The minimum absolute atomic E-state index is 0.283. The number of benzene rings is 1. The van der Waals surface area contributed by atoms with Crippen molar-refractivity contribution in [2.75, 3.05) is 0 Å². The lowest BCUT2D eigenvalue weighted by Crippen LogP contribution is -2.31. The molecular formula is C18H22. The highest BCUT2D eigenvalue weighted by Gasteiger charge is 2.42. The van der Waals surface area contributed by atoms with Gasteiger partial charge in [-0.1, -0.05) is 61.9 Å². The Labute approximate surface area is 110 Å². The average molecular weight is 238 g/mol. The summed E-state index contributed by atoms with van der Waals surface area (Å²) < 4.78 is 0. The lowest BCUT2D eigenvalue weighted by molar-refractivity contribution is 0.245. The molecule has 3 atom stereocenters. The molecule has 94 valence electrons. The third-order valence-electron chi connectivity index (χ3n) is 5.31. The van der Waals surface area contributed by atoms with Crippen molar-refractivity contribution in [3.63, 3.8) is 0 Å². The third-order valence-corrected chi connectivity index (χ3v) is 5.31. The minimum Gasteiger partial charge on any atom is -0.0774 e. The highest BCUT2D eigenvalue weighted by Crippen LogP contribution is 2.52. The molecule has 0 nitrogen and oxygen atoms in total. The van der Waals surface area contributed by atoms with Gasteiger partial charge in [-0.05, 0) is 48.1 Å². The van der Waals surface area contributed by atoms with Crippen LogP contribution in [0.25, 0.3) is 0 Å². The van der Waals surface area contributed by atoms with E-state index in [9.17, 15) is 0 Å². The molecule has 0 saturated carbocycles. The van der Waals surface area contributed by atoms with E-state index in [4.69, 9.17) is 0 Å². The number of hydrogen-bond acceptors (Lipinski definition) is 0. The summed E-state index contributed by atoms with van der Waals surface area (Å²) in [6, 6.07) is 9.01. The van der Waals surface area contributed by atoms with Crippen LogP contribution < -0.4 is 0 Å². The normalized spacial score (nSPS) is 34.3. The number of allylic oxidation sites excluding steroid dienone is 4. The summed E-state index contributed by atoms with van der Waals surface area (Å²) in [5, 5.41) is 0. The molecule has 0 saturated heterocycles. The van der Waals surface area contributed by atoms with Gasteiger partial charge in [-0.3, -0.25) is 0 Å². The molecule has 0 heterocycles. The van der Waals surface area contributed by atoms with Gasteiger partial charge >= 0.3 is 0 Å². The first-order valence-corrected chi connectivity index (χ1v) is 7.07. The maximum atomic E-state index is 2.44. The number of aryl methyl sites for hydroxylation is 1. The molecule has 2 aliphatic rings. The Kier molecular flexibility index (Phi) is 2.69. The molecule has 1 aromatic carbocycles. The fourth-order valence-corrected chi connectivity index (χ4v) is 3.81. The zero-order valence-corrected chi connectivity index (χ0v) is 11.6. The van der Waals surface area contributed by atoms with E-state index in [2.05, 4.69) is 63.3 Å². The van der Waals surface area contributed by atoms with Gasteiger partial charge in [0, 0.05) is 0 Å². The van der Waals surface area contributed by atoms with Gasteiger partial charge in [-0.15, -0.1) is 0 Å². The smallest absolute Gasteiger partial charge is 0.00118 e. The molecule has 18 heavy (non-hydrogen) atoms. The number of fused-ring (bicyclic) bond motifs is 1. The quantitative estimate of drug-likeness (QED) is 0.654. The highest BCUT2D eigenvalue weighted by molar-refractivity contribution is 5.40. The van der Waals surface area contributed by atoms with Crippen LogP contribution in [0.5, 0.6) is 0 Å². The summed E-state index contributed by atoms with van der Waals surface area (Å²) in [5.41, 5.74) is 4.96. The van der Waals surface area contributed by atoms with E-state index < -0.39 is 0 Å². The van der Waals surface area contributed by atoms with Gasteiger partial charge in [0.25, 0.3) is 0 Å². The van der Waals surface area contributed by atoms with Crippen LogP contribution >= 0.6 is 0 Å². The molecule has 0 aliphatic heterocycles. The van der Waals surface area contributed by atoms with Gasteiger partial charge in [-0.25, -0.2) is 0 Å². The molecule has 3 rings (SSSR count). The van der Waals surface area contributed by atoms with Crippen molar-refractivity contribution in [2.45, 2.75) is 39.5 Å². The Balaban J connectivity index is 2.02. The van der Waals surface area contributed by atoms with Gasteiger partial charge in [0.2, 0.25) is 0 Å². The van der Waals surface area contributed by atoms with Crippen molar-refractivity contribution in [3.05, 3.63) is 59.2 Å². The Morgan fingerprint density at radius 1 is 1.22 bits per heavy atom. The standard InChI is InChI=1S/C18H22/c1-13-7-6-12-18(3,14(13)2)17-11-10-15-8-4-5-9-16(15)17/h4-9,12,14,17H,10-11H2,1-3H3. The molecule has 2 aliphatic carbocycles. The Bertz CT molecular complexity index is 521. The second-order valence-electron chi connectivity index (χ2n) is 6.15. The average Bonchev–Trinajstić information content (AvgIpc) is 2.80. The maximum Gasteiger partial charge on any atom is -0.00118 e. The van der Waals surface area contributed by atoms with E-state index in [0.29, 0.717) is 11.8 Å². The van der Waals surface area contributed by atoms with Crippen LogP contribution in [0.2, 0.25) is 0 Å². The second-order valence-corrected chi connectivity index (χ2v) is 6.15. The number of hydrogen-bond donors (Lipinski definition) is 0. The first-order valence-electron chi connectivity index (χ1n) is 7.07. The van der Waals surface area contributed by atoms with Crippen molar-refractivity contribution in [1.29, 1.82) is 0 Å². The largest absolute Gasteiger partial charge is 0.0774 e. The molecule has 0 bridgehead atoms. The van der Waals surface area contributed by atoms with E-state index in [1.807, 2.05) is 0 Å².